The van der Waals surface area contributed by atoms with Crippen molar-refractivity contribution in [1.82, 2.24) is 5.32 Å². The number of hydrogen-bond donors (Lipinski definition) is 1. The van der Waals surface area contributed by atoms with Gasteiger partial charge in [0.2, 0.25) is 0 Å². The molecule has 2 nitrogen and oxygen atoms in total. The summed E-state index contributed by atoms with van der Waals surface area (Å²) in [5, 5.41) is 3.09. The van der Waals surface area contributed by atoms with E-state index >= 15 is 0 Å². The van der Waals surface area contributed by atoms with Crippen molar-refractivity contribution in [2.45, 2.75) is 19.8 Å². The van der Waals surface area contributed by atoms with E-state index in [-0.39, 0.29) is 5.78 Å². The zero-order valence-electron chi connectivity index (χ0n) is 7.47. The molecule has 1 N–H and O–H groups in total. The summed E-state index contributed by atoms with van der Waals surface area (Å²) in [7, 11) is 0. The molecule has 0 radical (unpaired) electrons. The number of nitrogens with one attached hydrogen (secondary N) is 1. The highest BCUT2D eigenvalue weighted by atomic mass is 16.1. The predicted octanol–water partition coefficient (Wildman–Crippen LogP) is 1.44. The number of Topliss-reactive ketones (excluding diaryl/α,β-unsaturated/α-hetero) is 1. The monoisotopic (exact) mass is 165 g/mol. The summed E-state index contributed by atoms with van der Waals surface area (Å²) in [6.07, 6.45) is 8.53. The first-order chi connectivity index (χ1) is 5.79. The highest BCUT2D eigenvalue weighted by Crippen LogP contribution is 2.12. The molecular formula is C10H15NO. The predicted molar refractivity (Wildman–Crippen MR) is 50.0 cm³/mol. The van der Waals surface area contributed by atoms with E-state index in [9.17, 15) is 4.79 Å². The molecule has 0 fully saturated rings. The average Bonchev–Trinajstić information content (AvgIpc) is 2.49. The molecular weight excluding hydrogens is 150 g/mol. The number of rotatable bonds is 5. The minimum absolute atomic E-state index is 0.202. The largest absolute Gasteiger partial charge is 0.310 e. The maximum atomic E-state index is 10.6. The van der Waals surface area contributed by atoms with Crippen LogP contribution in [0.3, 0.4) is 0 Å². The highest BCUT2D eigenvalue weighted by Gasteiger charge is 1.98. The molecule has 1 rings (SSSR count). The smallest absolute Gasteiger partial charge is 0.143 e. The van der Waals surface area contributed by atoms with Crippen molar-refractivity contribution < 1.29 is 4.79 Å². The molecule has 0 saturated carbocycles. The summed E-state index contributed by atoms with van der Waals surface area (Å²) in [6.45, 7) is 3.01. The summed E-state index contributed by atoms with van der Waals surface area (Å²) in [4.78, 5) is 10.6. The lowest BCUT2D eigenvalue weighted by atomic mass is 10.1. The van der Waals surface area contributed by atoms with Gasteiger partial charge in [0, 0.05) is 0 Å². The molecule has 1 aliphatic rings. The summed E-state index contributed by atoms with van der Waals surface area (Å²) < 4.78 is 0. The minimum atomic E-state index is 0.202. The summed E-state index contributed by atoms with van der Waals surface area (Å²) in [5.41, 5.74) is 1.45. The van der Waals surface area contributed by atoms with Crippen LogP contribution in [0.5, 0.6) is 0 Å². The first-order valence-corrected chi connectivity index (χ1v) is 4.34. The molecule has 12 heavy (non-hydrogen) atoms. The van der Waals surface area contributed by atoms with Crippen molar-refractivity contribution in [2.24, 2.45) is 0 Å². The zero-order chi connectivity index (χ0) is 8.81. The molecule has 66 valence electrons. The van der Waals surface area contributed by atoms with Crippen LogP contribution in [-0.4, -0.2) is 18.9 Å². The third-order valence-corrected chi connectivity index (χ3v) is 1.84. The summed E-state index contributed by atoms with van der Waals surface area (Å²) in [6, 6.07) is 0. The van der Waals surface area contributed by atoms with Crippen molar-refractivity contribution >= 4 is 5.78 Å². The van der Waals surface area contributed by atoms with Crippen molar-refractivity contribution in [3.63, 3.8) is 0 Å². The maximum absolute atomic E-state index is 10.6. The van der Waals surface area contributed by atoms with Crippen molar-refractivity contribution in [2.75, 3.05) is 13.1 Å². The Morgan fingerprint density at radius 3 is 3.08 bits per heavy atom. The van der Waals surface area contributed by atoms with Crippen LogP contribution in [0.2, 0.25) is 0 Å². The molecule has 0 aliphatic heterocycles. The molecule has 0 bridgehead atoms. The van der Waals surface area contributed by atoms with E-state index in [0.717, 1.165) is 19.4 Å². The molecule has 1 aliphatic carbocycles. The van der Waals surface area contributed by atoms with Crippen LogP contribution < -0.4 is 5.32 Å². The standard InChI is InChI=1S/C10H15NO/c1-9(12)8-11-7-6-10-4-2-3-5-10/h2-4,11H,5-8H2,1H3. The first kappa shape index (κ1) is 9.20. The van der Waals surface area contributed by atoms with Gasteiger partial charge in [-0.15, -0.1) is 0 Å². The molecule has 0 atom stereocenters. The number of allylic oxidation sites excluding steroid dienone is 3. The quantitative estimate of drug-likeness (QED) is 0.624. The van der Waals surface area contributed by atoms with Gasteiger partial charge in [-0.25, -0.2) is 0 Å². The van der Waals surface area contributed by atoms with E-state index in [0.29, 0.717) is 6.54 Å². The maximum Gasteiger partial charge on any atom is 0.143 e. The van der Waals surface area contributed by atoms with Crippen LogP contribution in [-0.2, 0) is 4.79 Å². The fourth-order valence-corrected chi connectivity index (χ4v) is 1.19. The Morgan fingerprint density at radius 2 is 2.50 bits per heavy atom. The summed E-state index contributed by atoms with van der Waals surface area (Å²) >= 11 is 0. The van der Waals surface area contributed by atoms with Gasteiger partial charge in [0.05, 0.1) is 6.54 Å². The van der Waals surface area contributed by atoms with Gasteiger partial charge < -0.3 is 5.32 Å². The number of carbonyl (C=O) groups is 1. The normalized spacial score (nSPS) is 14.9. The van der Waals surface area contributed by atoms with Crippen LogP contribution >= 0.6 is 0 Å². The van der Waals surface area contributed by atoms with E-state index in [1.165, 1.54) is 5.57 Å². The number of hydrogen-bond acceptors (Lipinski definition) is 2. The average molecular weight is 165 g/mol. The molecule has 0 heterocycles. The lowest BCUT2D eigenvalue weighted by molar-refractivity contribution is -0.116. The topological polar surface area (TPSA) is 29.1 Å². The molecule has 0 saturated heterocycles. The van der Waals surface area contributed by atoms with E-state index in [1.54, 1.807) is 6.92 Å². The second kappa shape index (κ2) is 4.88. The number of carbonyl (C=O) groups excluding carboxylic acids is 1. The van der Waals surface area contributed by atoms with Gasteiger partial charge in [-0.1, -0.05) is 23.8 Å². The molecule has 0 aromatic carbocycles. The van der Waals surface area contributed by atoms with Crippen LogP contribution in [0.4, 0.5) is 0 Å². The van der Waals surface area contributed by atoms with E-state index in [4.69, 9.17) is 0 Å². The Kier molecular flexibility index (Phi) is 3.74. The van der Waals surface area contributed by atoms with Gasteiger partial charge in [0.25, 0.3) is 0 Å². The van der Waals surface area contributed by atoms with Gasteiger partial charge in [0.15, 0.2) is 0 Å². The summed E-state index contributed by atoms with van der Waals surface area (Å²) in [5.74, 6) is 0.202. The lowest BCUT2D eigenvalue weighted by Crippen LogP contribution is -2.22. The Bertz CT molecular complexity index is 216. The number of ketones is 1. The fraction of sp³-hybridized carbons (Fsp3) is 0.500. The van der Waals surface area contributed by atoms with Crippen LogP contribution in [0.1, 0.15) is 19.8 Å². The first-order valence-electron chi connectivity index (χ1n) is 4.34. The highest BCUT2D eigenvalue weighted by molar-refractivity contribution is 5.77. The second-order valence-corrected chi connectivity index (χ2v) is 3.09. The third kappa shape index (κ3) is 3.49. The van der Waals surface area contributed by atoms with E-state index in [2.05, 4.69) is 23.5 Å². The van der Waals surface area contributed by atoms with Crippen LogP contribution in [0.25, 0.3) is 0 Å². The zero-order valence-corrected chi connectivity index (χ0v) is 7.47. The van der Waals surface area contributed by atoms with Gasteiger partial charge in [-0.05, 0) is 26.3 Å². The molecule has 0 aromatic rings. The van der Waals surface area contributed by atoms with Gasteiger partial charge >= 0.3 is 0 Å². The van der Waals surface area contributed by atoms with E-state index in [1.807, 2.05) is 0 Å². The molecule has 0 unspecified atom stereocenters. The second-order valence-electron chi connectivity index (χ2n) is 3.09. The Labute approximate surface area is 73.4 Å². The molecule has 0 aromatic heterocycles. The molecule has 2 heteroatoms. The lowest BCUT2D eigenvalue weighted by Gasteiger charge is -2.02. The van der Waals surface area contributed by atoms with Crippen LogP contribution in [0, 0.1) is 0 Å². The van der Waals surface area contributed by atoms with Crippen LogP contribution in [0.15, 0.2) is 23.8 Å². The Hall–Kier alpha value is -0.890. The minimum Gasteiger partial charge on any atom is -0.310 e. The van der Waals surface area contributed by atoms with Gasteiger partial charge in [0.1, 0.15) is 5.78 Å². The Balaban J connectivity index is 1.99. The van der Waals surface area contributed by atoms with Crippen molar-refractivity contribution in [3.05, 3.63) is 23.8 Å². The van der Waals surface area contributed by atoms with Crippen molar-refractivity contribution in [3.8, 4) is 0 Å². The molecule has 0 amide bonds. The van der Waals surface area contributed by atoms with E-state index < -0.39 is 0 Å². The van der Waals surface area contributed by atoms with Gasteiger partial charge in [-0.3, -0.25) is 4.79 Å². The molecule has 0 spiro atoms. The van der Waals surface area contributed by atoms with Gasteiger partial charge in [-0.2, -0.15) is 0 Å². The Morgan fingerprint density at radius 1 is 1.67 bits per heavy atom. The van der Waals surface area contributed by atoms with Crippen molar-refractivity contribution in [1.29, 1.82) is 0 Å². The SMILES string of the molecule is CC(=O)CNCCC1=CC=CC1. The third-order valence-electron chi connectivity index (χ3n) is 1.84. The fourth-order valence-electron chi connectivity index (χ4n) is 1.19.